The van der Waals surface area contributed by atoms with Gasteiger partial charge in [-0.05, 0) is 69.4 Å². The van der Waals surface area contributed by atoms with Gasteiger partial charge in [-0.2, -0.15) is 0 Å². The monoisotopic (exact) mass is 514 g/mol. The van der Waals surface area contributed by atoms with E-state index in [1.807, 2.05) is 45.0 Å². The fourth-order valence-corrected chi connectivity index (χ4v) is 4.32. The van der Waals surface area contributed by atoms with E-state index in [0.717, 1.165) is 12.8 Å². The number of nitrogens with zero attached hydrogens (tertiary/aromatic N) is 4. The summed E-state index contributed by atoms with van der Waals surface area (Å²) in [6.45, 7) is 6.95. The predicted molar refractivity (Wildman–Crippen MR) is 137 cm³/mol. The SMILES string of the molecule is COc1nn(C)c(=O)n1-c1ccc(Cl)c(Oc2ccc(C3CCN(C(=O)OC(C)(C)C)CC3)cc2)c1. The van der Waals surface area contributed by atoms with E-state index in [2.05, 4.69) is 5.10 Å². The number of ether oxygens (including phenoxy) is 3. The fraction of sp³-hybridized carbons (Fsp3) is 0.423. The Morgan fingerprint density at radius 1 is 1.08 bits per heavy atom. The molecule has 9 nitrogen and oxygen atoms in total. The smallest absolute Gasteiger partial charge is 0.410 e. The molecule has 0 aliphatic carbocycles. The predicted octanol–water partition coefficient (Wildman–Crippen LogP) is 5.14. The summed E-state index contributed by atoms with van der Waals surface area (Å²) >= 11 is 6.38. The van der Waals surface area contributed by atoms with Crippen molar-refractivity contribution in [1.29, 1.82) is 0 Å². The minimum absolute atomic E-state index is 0.165. The van der Waals surface area contributed by atoms with Crippen molar-refractivity contribution in [2.24, 2.45) is 7.05 Å². The second-order valence-electron chi connectivity index (χ2n) is 9.76. The number of rotatable bonds is 5. The van der Waals surface area contributed by atoms with Crippen molar-refractivity contribution >= 4 is 17.7 Å². The fourth-order valence-electron chi connectivity index (χ4n) is 4.16. The first kappa shape index (κ1) is 25.6. The number of hydrogen-bond donors (Lipinski definition) is 0. The third-order valence-electron chi connectivity index (χ3n) is 5.98. The maximum absolute atomic E-state index is 12.5. The highest BCUT2D eigenvalue weighted by Crippen LogP contribution is 2.34. The van der Waals surface area contributed by atoms with Crippen LogP contribution in [0.1, 0.15) is 45.1 Å². The summed E-state index contributed by atoms with van der Waals surface area (Å²) in [5, 5.41) is 4.48. The van der Waals surface area contributed by atoms with Gasteiger partial charge in [-0.25, -0.2) is 18.8 Å². The van der Waals surface area contributed by atoms with E-state index in [0.29, 0.717) is 41.2 Å². The number of amides is 1. The standard InChI is InChI=1S/C26H31ClN4O5/c1-26(2,3)36-25(33)30-14-12-18(13-15-30)17-6-9-20(10-7-17)35-22-16-19(8-11-21(22)27)31-23(34-5)28-29(4)24(31)32/h6-11,16,18H,12-15H2,1-5H3. The van der Waals surface area contributed by atoms with E-state index in [4.69, 9.17) is 25.8 Å². The third kappa shape index (κ3) is 5.67. The van der Waals surface area contributed by atoms with Crippen molar-refractivity contribution in [2.45, 2.75) is 45.1 Å². The van der Waals surface area contributed by atoms with Gasteiger partial charge in [0.05, 0.1) is 17.8 Å². The average Bonchev–Trinajstić information content (AvgIpc) is 3.13. The summed E-state index contributed by atoms with van der Waals surface area (Å²) in [5.74, 6) is 1.38. The highest BCUT2D eigenvalue weighted by Gasteiger charge is 2.27. The molecule has 0 radical (unpaired) electrons. The number of methoxy groups -OCH3 is 1. The summed E-state index contributed by atoms with van der Waals surface area (Å²) in [7, 11) is 3.01. The zero-order valence-corrected chi connectivity index (χ0v) is 21.9. The highest BCUT2D eigenvalue weighted by molar-refractivity contribution is 6.32. The van der Waals surface area contributed by atoms with Gasteiger partial charge in [0.25, 0.3) is 0 Å². The summed E-state index contributed by atoms with van der Waals surface area (Å²) in [5.41, 5.74) is 0.879. The average molecular weight is 515 g/mol. The molecule has 2 heterocycles. The van der Waals surface area contributed by atoms with Gasteiger partial charge >= 0.3 is 17.8 Å². The lowest BCUT2D eigenvalue weighted by molar-refractivity contribution is 0.0205. The van der Waals surface area contributed by atoms with Gasteiger partial charge in [-0.15, -0.1) is 5.10 Å². The molecule has 4 rings (SSSR count). The maximum atomic E-state index is 12.5. The molecule has 0 N–H and O–H groups in total. The van der Waals surface area contributed by atoms with Gasteiger partial charge in [-0.3, -0.25) is 0 Å². The Bertz CT molecular complexity index is 1290. The lowest BCUT2D eigenvalue weighted by Gasteiger charge is -2.33. The number of aromatic nitrogens is 3. The zero-order chi connectivity index (χ0) is 26.0. The number of halogens is 1. The Balaban J connectivity index is 1.44. The first-order valence-corrected chi connectivity index (χ1v) is 12.2. The van der Waals surface area contributed by atoms with Crippen LogP contribution in [0.2, 0.25) is 5.02 Å². The summed E-state index contributed by atoms with van der Waals surface area (Å²) in [4.78, 5) is 26.6. The number of hydrogen-bond acceptors (Lipinski definition) is 6. The molecule has 2 aromatic carbocycles. The minimum atomic E-state index is -0.494. The molecular formula is C26H31ClN4O5. The number of carbonyl (C=O) groups excluding carboxylic acids is 1. The molecule has 1 fully saturated rings. The second-order valence-corrected chi connectivity index (χ2v) is 10.2. The number of aryl methyl sites for hydroxylation is 1. The molecule has 0 atom stereocenters. The molecule has 36 heavy (non-hydrogen) atoms. The van der Waals surface area contributed by atoms with Crippen LogP contribution in [0.4, 0.5) is 4.79 Å². The molecule has 192 valence electrons. The number of likely N-dealkylation sites (tertiary alicyclic amines) is 1. The Hall–Kier alpha value is -3.46. The Labute approximate surface area is 215 Å². The van der Waals surface area contributed by atoms with Crippen LogP contribution in [0.15, 0.2) is 47.3 Å². The van der Waals surface area contributed by atoms with Crippen LogP contribution in [0.25, 0.3) is 5.69 Å². The van der Waals surface area contributed by atoms with Crippen molar-refractivity contribution in [3.05, 3.63) is 63.5 Å². The first-order chi connectivity index (χ1) is 17.1. The first-order valence-electron chi connectivity index (χ1n) is 11.8. The van der Waals surface area contributed by atoms with Gasteiger partial charge in [0, 0.05) is 26.2 Å². The van der Waals surface area contributed by atoms with Crippen LogP contribution < -0.4 is 15.2 Å². The van der Waals surface area contributed by atoms with E-state index in [1.165, 1.54) is 21.9 Å². The molecule has 0 spiro atoms. The molecule has 0 unspecified atom stereocenters. The van der Waals surface area contributed by atoms with E-state index in [-0.39, 0.29) is 17.8 Å². The van der Waals surface area contributed by atoms with E-state index < -0.39 is 5.60 Å². The zero-order valence-electron chi connectivity index (χ0n) is 21.2. The van der Waals surface area contributed by atoms with Crippen LogP contribution in [-0.2, 0) is 11.8 Å². The summed E-state index contributed by atoms with van der Waals surface area (Å²) in [6.07, 6.45) is 1.49. The summed E-state index contributed by atoms with van der Waals surface area (Å²) in [6, 6.07) is 13.1. The molecular weight excluding hydrogens is 484 g/mol. The van der Waals surface area contributed by atoms with Crippen LogP contribution in [-0.4, -0.2) is 51.1 Å². The summed E-state index contributed by atoms with van der Waals surface area (Å²) < 4.78 is 19.3. The van der Waals surface area contributed by atoms with Crippen LogP contribution in [0, 0.1) is 0 Å². The van der Waals surface area contributed by atoms with Gasteiger partial charge < -0.3 is 19.1 Å². The topological polar surface area (TPSA) is 87.8 Å². The molecule has 1 amide bonds. The van der Waals surface area contributed by atoms with Crippen molar-refractivity contribution in [3.63, 3.8) is 0 Å². The van der Waals surface area contributed by atoms with Crippen molar-refractivity contribution in [2.75, 3.05) is 20.2 Å². The number of benzene rings is 2. The Morgan fingerprint density at radius 2 is 1.75 bits per heavy atom. The van der Waals surface area contributed by atoms with Gasteiger partial charge in [0.1, 0.15) is 17.1 Å². The highest BCUT2D eigenvalue weighted by atomic mass is 35.5. The Morgan fingerprint density at radius 3 is 2.36 bits per heavy atom. The van der Waals surface area contributed by atoms with Crippen molar-refractivity contribution in [3.8, 4) is 23.2 Å². The lowest BCUT2D eigenvalue weighted by atomic mass is 9.89. The van der Waals surface area contributed by atoms with E-state index in [1.54, 1.807) is 30.1 Å². The number of piperidine rings is 1. The Kier molecular flexibility index (Phi) is 7.31. The van der Waals surface area contributed by atoms with Gasteiger partial charge in [0.15, 0.2) is 0 Å². The lowest BCUT2D eigenvalue weighted by Crippen LogP contribution is -2.41. The van der Waals surface area contributed by atoms with Gasteiger partial charge in [0.2, 0.25) is 0 Å². The molecule has 0 saturated carbocycles. The van der Waals surface area contributed by atoms with Crippen LogP contribution in [0.3, 0.4) is 0 Å². The van der Waals surface area contributed by atoms with Crippen molar-refractivity contribution < 1.29 is 19.0 Å². The van der Waals surface area contributed by atoms with E-state index in [9.17, 15) is 9.59 Å². The third-order valence-corrected chi connectivity index (χ3v) is 6.29. The normalized spacial score (nSPS) is 14.6. The molecule has 1 aliphatic heterocycles. The molecule has 0 bridgehead atoms. The van der Waals surface area contributed by atoms with E-state index >= 15 is 0 Å². The molecule has 1 aromatic heterocycles. The van der Waals surface area contributed by atoms with Gasteiger partial charge in [-0.1, -0.05) is 23.7 Å². The van der Waals surface area contributed by atoms with Crippen LogP contribution in [0.5, 0.6) is 17.5 Å². The minimum Gasteiger partial charge on any atom is -0.467 e. The molecule has 1 aliphatic rings. The van der Waals surface area contributed by atoms with Crippen LogP contribution >= 0.6 is 11.6 Å². The maximum Gasteiger partial charge on any atom is 0.410 e. The number of carbonyl (C=O) groups is 1. The molecule has 1 saturated heterocycles. The largest absolute Gasteiger partial charge is 0.467 e. The molecule has 3 aromatic rings. The quantitative estimate of drug-likeness (QED) is 0.468. The molecule has 10 heteroatoms. The second kappa shape index (κ2) is 10.3. The van der Waals surface area contributed by atoms with Crippen molar-refractivity contribution in [1.82, 2.24) is 19.2 Å².